The number of hydrogen-bond acceptors (Lipinski definition) is 6. The number of aliphatic hydroxyl groups excluding tert-OH is 3. The molecule has 0 bridgehead atoms. The van der Waals surface area contributed by atoms with E-state index >= 15 is 0 Å². The van der Waals surface area contributed by atoms with Crippen LogP contribution in [0.3, 0.4) is 0 Å². The van der Waals surface area contributed by atoms with Crippen molar-refractivity contribution in [3.63, 3.8) is 0 Å². The predicted molar refractivity (Wildman–Crippen MR) is 55.9 cm³/mol. The summed E-state index contributed by atoms with van der Waals surface area (Å²) in [5.74, 6) is 0. The lowest BCUT2D eigenvalue weighted by Gasteiger charge is -2.37. The maximum atomic E-state index is 13.4. The van der Waals surface area contributed by atoms with Gasteiger partial charge in [-0.25, -0.2) is 9.18 Å². The molecule has 0 aromatic rings. The Morgan fingerprint density at radius 2 is 2.17 bits per heavy atom. The van der Waals surface area contributed by atoms with Gasteiger partial charge in [-0.05, 0) is 0 Å². The molecule has 2 saturated heterocycles. The van der Waals surface area contributed by atoms with Crippen LogP contribution in [0.5, 0.6) is 0 Å². The van der Waals surface area contributed by atoms with E-state index in [0.29, 0.717) is 0 Å². The summed E-state index contributed by atoms with van der Waals surface area (Å²) in [6, 6.07) is -0.689. The standard InChI is InChI=1S/C9H16FN3O5/c10-3-1-13(9(17)12-7(3)11)8-6(16)5(15)4(2-14)18-8/h3-8,14-16H,1-2,11H2,(H,12,17)/t3?,4-,5+,6?,7?,8-/m1/s1. The van der Waals surface area contributed by atoms with Crippen molar-refractivity contribution in [2.75, 3.05) is 13.2 Å². The van der Waals surface area contributed by atoms with Crippen molar-refractivity contribution in [3.8, 4) is 0 Å². The summed E-state index contributed by atoms with van der Waals surface area (Å²) in [4.78, 5) is 12.5. The monoisotopic (exact) mass is 265 g/mol. The molecule has 2 fully saturated rings. The maximum Gasteiger partial charge on any atom is 0.320 e. The summed E-state index contributed by atoms with van der Waals surface area (Å²) in [5.41, 5.74) is 5.32. The summed E-state index contributed by atoms with van der Waals surface area (Å²) in [5, 5.41) is 30.4. The van der Waals surface area contributed by atoms with Crippen LogP contribution < -0.4 is 11.1 Å². The van der Waals surface area contributed by atoms with E-state index in [0.717, 1.165) is 4.90 Å². The van der Waals surface area contributed by atoms with Crippen LogP contribution in [0.15, 0.2) is 0 Å². The van der Waals surface area contributed by atoms with Gasteiger partial charge in [-0.15, -0.1) is 0 Å². The normalized spacial score (nSPS) is 45.2. The van der Waals surface area contributed by atoms with E-state index in [1.54, 1.807) is 0 Å². The fraction of sp³-hybridized carbons (Fsp3) is 0.889. The van der Waals surface area contributed by atoms with Gasteiger partial charge >= 0.3 is 6.03 Å². The van der Waals surface area contributed by atoms with E-state index in [1.807, 2.05) is 0 Å². The van der Waals surface area contributed by atoms with E-state index in [2.05, 4.69) is 5.32 Å². The minimum Gasteiger partial charge on any atom is -0.394 e. The molecule has 9 heteroatoms. The van der Waals surface area contributed by atoms with Crippen LogP contribution in [0.2, 0.25) is 0 Å². The second-order valence-corrected chi connectivity index (χ2v) is 4.37. The van der Waals surface area contributed by atoms with Crippen LogP contribution in [0.25, 0.3) is 0 Å². The molecule has 18 heavy (non-hydrogen) atoms. The van der Waals surface area contributed by atoms with Gasteiger partial charge in [0.15, 0.2) is 12.4 Å². The highest BCUT2D eigenvalue weighted by Crippen LogP contribution is 2.25. The fourth-order valence-corrected chi connectivity index (χ4v) is 2.06. The molecule has 2 aliphatic heterocycles. The van der Waals surface area contributed by atoms with Crippen molar-refractivity contribution >= 4 is 6.03 Å². The first-order chi connectivity index (χ1) is 8.45. The molecule has 0 radical (unpaired) electrons. The Balaban J connectivity index is 2.10. The Kier molecular flexibility index (Phi) is 3.69. The number of urea groups is 1. The van der Waals surface area contributed by atoms with Crippen LogP contribution in [0, 0.1) is 0 Å². The van der Waals surface area contributed by atoms with Gasteiger partial charge in [0.2, 0.25) is 0 Å². The number of nitrogens with one attached hydrogen (secondary N) is 1. The molecule has 2 heterocycles. The zero-order valence-corrected chi connectivity index (χ0v) is 9.44. The lowest BCUT2D eigenvalue weighted by atomic mass is 10.1. The van der Waals surface area contributed by atoms with Gasteiger partial charge in [-0.3, -0.25) is 4.90 Å². The topological polar surface area (TPSA) is 128 Å². The first kappa shape index (κ1) is 13.4. The quantitative estimate of drug-likeness (QED) is 0.364. The Morgan fingerprint density at radius 1 is 1.50 bits per heavy atom. The van der Waals surface area contributed by atoms with Gasteiger partial charge in [0, 0.05) is 0 Å². The molecule has 2 aliphatic rings. The molecule has 0 aromatic heterocycles. The second-order valence-electron chi connectivity index (χ2n) is 4.37. The summed E-state index contributed by atoms with van der Waals surface area (Å²) in [7, 11) is 0. The number of carbonyl (C=O) groups is 1. The highest BCUT2D eigenvalue weighted by molar-refractivity contribution is 5.75. The summed E-state index contributed by atoms with van der Waals surface area (Å²) in [6.45, 7) is -0.859. The second kappa shape index (κ2) is 4.94. The Hall–Kier alpha value is -1.00. The van der Waals surface area contributed by atoms with Crippen LogP contribution in [0.1, 0.15) is 0 Å². The Labute approximate surface area is 102 Å². The SMILES string of the molecule is NC1NC(=O)N([C@@H]2O[C@H](CO)[C@H](O)C2O)CC1F. The molecule has 8 nitrogen and oxygen atoms in total. The highest BCUT2D eigenvalue weighted by Gasteiger charge is 2.48. The van der Waals surface area contributed by atoms with Crippen LogP contribution in [-0.2, 0) is 4.74 Å². The predicted octanol–water partition coefficient (Wildman–Crippen LogP) is -2.93. The molecule has 6 N–H and O–H groups in total. The molecule has 2 rings (SSSR count). The largest absolute Gasteiger partial charge is 0.394 e. The number of nitrogens with two attached hydrogens (primary N) is 1. The third-order valence-corrected chi connectivity index (χ3v) is 3.14. The third-order valence-electron chi connectivity index (χ3n) is 3.14. The van der Waals surface area contributed by atoms with Crippen LogP contribution >= 0.6 is 0 Å². The molecule has 3 unspecified atom stereocenters. The van der Waals surface area contributed by atoms with Crippen molar-refractivity contribution in [2.45, 2.75) is 36.9 Å². The molecule has 0 aromatic carbocycles. The number of hydrogen-bond donors (Lipinski definition) is 5. The molecule has 2 amide bonds. The lowest BCUT2D eigenvalue weighted by Crippen LogP contribution is -2.65. The minimum atomic E-state index is -1.51. The number of aliphatic hydroxyl groups is 3. The van der Waals surface area contributed by atoms with Gasteiger partial charge in [0.05, 0.1) is 13.2 Å². The Morgan fingerprint density at radius 3 is 2.72 bits per heavy atom. The van der Waals surface area contributed by atoms with Crippen molar-refractivity contribution in [1.82, 2.24) is 10.2 Å². The first-order valence-corrected chi connectivity index (χ1v) is 5.55. The molecular weight excluding hydrogens is 249 g/mol. The van der Waals surface area contributed by atoms with Crippen molar-refractivity contribution in [2.24, 2.45) is 5.73 Å². The molecular formula is C9H16FN3O5. The van der Waals surface area contributed by atoms with Crippen molar-refractivity contribution in [3.05, 3.63) is 0 Å². The number of halogens is 1. The molecule has 6 atom stereocenters. The van der Waals surface area contributed by atoms with E-state index in [9.17, 15) is 19.4 Å². The van der Waals surface area contributed by atoms with Gasteiger partial charge in [-0.1, -0.05) is 0 Å². The van der Waals surface area contributed by atoms with E-state index in [4.69, 9.17) is 15.6 Å². The van der Waals surface area contributed by atoms with Gasteiger partial charge in [-0.2, -0.15) is 0 Å². The lowest BCUT2D eigenvalue weighted by molar-refractivity contribution is -0.0907. The zero-order valence-electron chi connectivity index (χ0n) is 9.44. The smallest absolute Gasteiger partial charge is 0.320 e. The van der Waals surface area contributed by atoms with Gasteiger partial charge in [0.25, 0.3) is 0 Å². The fourth-order valence-electron chi connectivity index (χ4n) is 2.06. The molecule has 0 saturated carbocycles. The number of rotatable bonds is 2. The van der Waals surface area contributed by atoms with Crippen LogP contribution in [0.4, 0.5) is 9.18 Å². The molecule has 0 aliphatic carbocycles. The number of ether oxygens (including phenoxy) is 1. The van der Waals surface area contributed by atoms with Crippen molar-refractivity contribution < 1.29 is 29.2 Å². The van der Waals surface area contributed by atoms with Gasteiger partial charge in [0.1, 0.15) is 24.5 Å². The summed E-state index contributed by atoms with van der Waals surface area (Å²) in [6.07, 6.45) is -7.57. The minimum absolute atomic E-state index is 0.348. The van der Waals surface area contributed by atoms with E-state index in [1.165, 1.54) is 0 Å². The average Bonchev–Trinajstić information content (AvgIpc) is 2.61. The van der Waals surface area contributed by atoms with Crippen molar-refractivity contribution in [1.29, 1.82) is 0 Å². The first-order valence-electron chi connectivity index (χ1n) is 5.55. The van der Waals surface area contributed by atoms with Gasteiger partial charge < -0.3 is 31.1 Å². The maximum absolute atomic E-state index is 13.4. The number of carbonyl (C=O) groups excluding carboxylic acids is 1. The number of amides is 2. The number of nitrogens with zero attached hydrogens (tertiary/aromatic N) is 1. The number of alkyl halides is 1. The van der Waals surface area contributed by atoms with Crippen LogP contribution in [-0.4, -0.2) is 76.3 Å². The summed E-state index contributed by atoms with van der Waals surface area (Å²) >= 11 is 0. The third kappa shape index (κ3) is 2.15. The summed E-state index contributed by atoms with van der Waals surface area (Å²) < 4.78 is 18.6. The molecule has 104 valence electrons. The molecule has 0 spiro atoms. The average molecular weight is 265 g/mol. The Bertz CT molecular complexity index is 333. The zero-order chi connectivity index (χ0) is 13.4. The van der Waals surface area contributed by atoms with E-state index in [-0.39, 0.29) is 6.54 Å². The van der Waals surface area contributed by atoms with E-state index < -0.39 is 49.5 Å². The highest BCUT2D eigenvalue weighted by atomic mass is 19.1.